The Labute approximate surface area is 114 Å². The minimum Gasteiger partial charge on any atom is -0.478 e. The molecule has 2 aromatic carbocycles. The summed E-state index contributed by atoms with van der Waals surface area (Å²) in [5.74, 6) is -0.553. The highest BCUT2D eigenvalue weighted by molar-refractivity contribution is 6.03. The molecule has 1 aromatic heterocycles. The first-order chi connectivity index (χ1) is 9.70. The number of fused-ring (bicyclic) bond motifs is 1. The molecule has 98 valence electrons. The van der Waals surface area contributed by atoms with Crippen molar-refractivity contribution in [2.75, 3.05) is 0 Å². The second-order valence-corrected chi connectivity index (χ2v) is 4.37. The van der Waals surface area contributed by atoms with Crippen LogP contribution in [0.25, 0.3) is 22.1 Å². The lowest BCUT2D eigenvalue weighted by Crippen LogP contribution is -1.96. The molecule has 0 aliphatic rings. The third-order valence-electron chi connectivity index (χ3n) is 3.16. The van der Waals surface area contributed by atoms with Crippen LogP contribution < -0.4 is 0 Å². The molecule has 0 aliphatic heterocycles. The monoisotopic (exact) mass is 265 g/mol. The minimum atomic E-state index is -1.07. The molecule has 4 nitrogen and oxygen atoms in total. The topological polar surface area (TPSA) is 74.3 Å². The lowest BCUT2D eigenvalue weighted by molar-refractivity contribution is 0.0697. The van der Waals surface area contributed by atoms with Gasteiger partial charge in [-0.25, -0.2) is 4.79 Å². The van der Waals surface area contributed by atoms with Gasteiger partial charge in [0.2, 0.25) is 0 Å². The van der Waals surface area contributed by atoms with Gasteiger partial charge < -0.3 is 14.9 Å². The van der Waals surface area contributed by atoms with Crippen molar-refractivity contribution in [1.29, 1.82) is 5.41 Å². The van der Waals surface area contributed by atoms with Crippen LogP contribution in [0.3, 0.4) is 0 Å². The van der Waals surface area contributed by atoms with Gasteiger partial charge in [0.05, 0.1) is 6.21 Å². The van der Waals surface area contributed by atoms with Crippen LogP contribution in [0.2, 0.25) is 0 Å². The number of rotatable bonds is 3. The van der Waals surface area contributed by atoms with E-state index >= 15 is 0 Å². The van der Waals surface area contributed by atoms with Crippen molar-refractivity contribution in [3.8, 4) is 11.3 Å². The fourth-order valence-corrected chi connectivity index (χ4v) is 2.26. The highest BCUT2D eigenvalue weighted by Crippen LogP contribution is 2.32. The zero-order valence-corrected chi connectivity index (χ0v) is 10.5. The SMILES string of the molecule is N=Cc1cc(C(=O)O)c(-c2cccc3ccccc23)o1. The third kappa shape index (κ3) is 1.87. The van der Waals surface area contributed by atoms with E-state index < -0.39 is 5.97 Å². The van der Waals surface area contributed by atoms with E-state index in [9.17, 15) is 9.90 Å². The molecular weight excluding hydrogens is 254 g/mol. The van der Waals surface area contributed by atoms with Crippen molar-refractivity contribution in [1.82, 2.24) is 0 Å². The Morgan fingerprint density at radius 2 is 1.90 bits per heavy atom. The number of aromatic carboxylic acids is 1. The number of carbonyl (C=O) groups is 1. The van der Waals surface area contributed by atoms with Gasteiger partial charge in [-0.1, -0.05) is 42.5 Å². The molecule has 20 heavy (non-hydrogen) atoms. The van der Waals surface area contributed by atoms with Crippen LogP contribution >= 0.6 is 0 Å². The largest absolute Gasteiger partial charge is 0.478 e. The van der Waals surface area contributed by atoms with Crippen LogP contribution in [0.4, 0.5) is 0 Å². The molecule has 4 heteroatoms. The van der Waals surface area contributed by atoms with Crippen molar-refractivity contribution in [3.63, 3.8) is 0 Å². The molecule has 0 radical (unpaired) electrons. The first-order valence-corrected chi connectivity index (χ1v) is 6.06. The molecule has 0 fully saturated rings. The quantitative estimate of drug-likeness (QED) is 0.707. The normalized spacial score (nSPS) is 10.6. The van der Waals surface area contributed by atoms with Crippen molar-refractivity contribution >= 4 is 23.0 Å². The number of benzene rings is 2. The zero-order chi connectivity index (χ0) is 14.1. The molecule has 3 rings (SSSR count). The second kappa shape index (κ2) is 4.66. The van der Waals surface area contributed by atoms with Crippen LogP contribution in [-0.4, -0.2) is 17.3 Å². The van der Waals surface area contributed by atoms with Gasteiger partial charge in [0.25, 0.3) is 0 Å². The summed E-state index contributed by atoms with van der Waals surface area (Å²) in [7, 11) is 0. The van der Waals surface area contributed by atoms with E-state index in [4.69, 9.17) is 9.83 Å². The predicted octanol–water partition coefficient (Wildman–Crippen LogP) is 3.80. The van der Waals surface area contributed by atoms with Crippen LogP contribution in [-0.2, 0) is 0 Å². The third-order valence-corrected chi connectivity index (χ3v) is 3.16. The minimum absolute atomic E-state index is 0.0693. The summed E-state index contributed by atoms with van der Waals surface area (Å²) in [5.41, 5.74) is 0.786. The van der Waals surface area contributed by atoms with E-state index in [2.05, 4.69) is 0 Å². The standard InChI is InChI=1S/C16H11NO3/c17-9-11-8-14(16(18)19)15(20-11)13-7-3-5-10-4-1-2-6-12(10)13/h1-9,17H,(H,18,19). The van der Waals surface area contributed by atoms with Crippen LogP contribution in [0, 0.1) is 5.41 Å². The molecule has 0 saturated carbocycles. The molecule has 0 bridgehead atoms. The van der Waals surface area contributed by atoms with E-state index in [1.165, 1.54) is 6.07 Å². The molecule has 1 heterocycles. The average Bonchev–Trinajstić information content (AvgIpc) is 2.91. The summed E-state index contributed by atoms with van der Waals surface area (Å²) in [6, 6.07) is 14.7. The number of carboxylic acids is 1. The molecular formula is C16H11NO3. The van der Waals surface area contributed by atoms with Gasteiger partial charge in [0, 0.05) is 11.6 Å². The van der Waals surface area contributed by atoms with Crippen molar-refractivity contribution in [2.45, 2.75) is 0 Å². The molecule has 0 aliphatic carbocycles. The number of hydrogen-bond acceptors (Lipinski definition) is 3. The maximum atomic E-state index is 11.3. The molecule has 0 amide bonds. The van der Waals surface area contributed by atoms with Gasteiger partial charge in [-0.05, 0) is 10.8 Å². The fraction of sp³-hybridized carbons (Fsp3) is 0. The predicted molar refractivity (Wildman–Crippen MR) is 76.5 cm³/mol. The van der Waals surface area contributed by atoms with Gasteiger partial charge in [-0.15, -0.1) is 0 Å². The molecule has 0 unspecified atom stereocenters. The van der Waals surface area contributed by atoms with E-state index in [0.29, 0.717) is 5.56 Å². The molecule has 0 spiro atoms. The Bertz CT molecular complexity index is 812. The van der Waals surface area contributed by atoms with Crippen molar-refractivity contribution in [3.05, 3.63) is 59.9 Å². The highest BCUT2D eigenvalue weighted by Gasteiger charge is 2.19. The van der Waals surface area contributed by atoms with Crippen LogP contribution in [0.1, 0.15) is 16.1 Å². The van der Waals surface area contributed by atoms with Gasteiger partial charge in [0.1, 0.15) is 17.1 Å². The Morgan fingerprint density at radius 3 is 2.65 bits per heavy atom. The Balaban J connectivity index is 2.33. The average molecular weight is 265 g/mol. The van der Waals surface area contributed by atoms with E-state index in [1.807, 2.05) is 42.5 Å². The molecule has 2 N–H and O–H groups in total. The summed E-state index contributed by atoms with van der Waals surface area (Å²) in [4.78, 5) is 11.3. The number of hydrogen-bond donors (Lipinski definition) is 2. The molecule has 0 atom stereocenters. The van der Waals surface area contributed by atoms with E-state index in [0.717, 1.165) is 17.0 Å². The number of furan rings is 1. The van der Waals surface area contributed by atoms with E-state index in [1.54, 1.807) is 0 Å². The maximum Gasteiger partial charge on any atom is 0.339 e. The first kappa shape index (κ1) is 12.2. The summed E-state index contributed by atoms with van der Waals surface area (Å²) >= 11 is 0. The lowest BCUT2D eigenvalue weighted by atomic mass is 10.0. The summed E-state index contributed by atoms with van der Waals surface area (Å²) < 4.78 is 5.50. The van der Waals surface area contributed by atoms with Gasteiger partial charge in [-0.2, -0.15) is 0 Å². The van der Waals surface area contributed by atoms with E-state index in [-0.39, 0.29) is 17.1 Å². The fourth-order valence-electron chi connectivity index (χ4n) is 2.26. The highest BCUT2D eigenvalue weighted by atomic mass is 16.4. The number of nitrogens with one attached hydrogen (secondary N) is 1. The zero-order valence-electron chi connectivity index (χ0n) is 10.5. The molecule has 3 aromatic rings. The lowest BCUT2D eigenvalue weighted by Gasteiger charge is -2.04. The second-order valence-electron chi connectivity index (χ2n) is 4.37. The smallest absolute Gasteiger partial charge is 0.339 e. The number of carboxylic acid groups (broad SMARTS) is 1. The Morgan fingerprint density at radius 1 is 1.15 bits per heavy atom. The van der Waals surface area contributed by atoms with Crippen LogP contribution in [0.15, 0.2) is 52.9 Å². The molecule has 0 saturated heterocycles. The maximum absolute atomic E-state index is 11.3. The van der Waals surface area contributed by atoms with Crippen molar-refractivity contribution in [2.24, 2.45) is 0 Å². The van der Waals surface area contributed by atoms with Gasteiger partial charge in [0.15, 0.2) is 0 Å². The first-order valence-electron chi connectivity index (χ1n) is 6.06. The van der Waals surface area contributed by atoms with Gasteiger partial charge in [-0.3, -0.25) is 0 Å². The Kier molecular flexibility index (Phi) is 2.84. The van der Waals surface area contributed by atoms with Gasteiger partial charge >= 0.3 is 5.97 Å². The summed E-state index contributed by atoms with van der Waals surface area (Å²) in [5, 5.41) is 18.4. The summed E-state index contributed by atoms with van der Waals surface area (Å²) in [6.07, 6.45) is 1.00. The summed E-state index contributed by atoms with van der Waals surface area (Å²) in [6.45, 7) is 0. The Hall–Kier alpha value is -2.88. The van der Waals surface area contributed by atoms with Crippen molar-refractivity contribution < 1.29 is 14.3 Å². The van der Waals surface area contributed by atoms with Crippen LogP contribution in [0.5, 0.6) is 0 Å².